The molecule has 1 aliphatic heterocycles. The van der Waals surface area contributed by atoms with E-state index in [1.165, 1.54) is 10.8 Å². The summed E-state index contributed by atoms with van der Waals surface area (Å²) in [6.07, 6.45) is 9.49. The van der Waals surface area contributed by atoms with Crippen LogP contribution >= 0.6 is 11.6 Å². The number of benzene rings is 2. The van der Waals surface area contributed by atoms with Gasteiger partial charge in [0.25, 0.3) is 17.6 Å². The van der Waals surface area contributed by atoms with Crippen LogP contribution in [-0.2, 0) is 22.7 Å². The number of carboxylic acid groups (broad SMARTS) is 1. The van der Waals surface area contributed by atoms with Crippen LogP contribution in [0.25, 0.3) is 28.5 Å². The Morgan fingerprint density at radius 1 is 0.853 bits per heavy atom. The standard InChI is InChI=1S/C46H48ClN15O6/c1-27-30(31-9-5-11-33(38(31)47)56-41(64)34-16-15-28(23-52-34)26-61-20-3-2-12-35(61)43(66)67)8-4-10-32(27)55-42(65)40-53-24-29(25-54-40)22-49-18-19-50-37(63)14-6-17-51-45-58-44(48)62-46(59-45)57-39(60-62)36-13-7-21-68-36/h4-5,7-11,13,15-16,21,23-25,35,49H,2-3,6,12,14,17-20,22,26H2,1H3,(H,50,63)(H,55,65)(H,56,64)(H,66,67)(H3,48,51,57,58,59,60)/t35-/m0/s1. The lowest BCUT2D eigenvalue weighted by Gasteiger charge is -2.32. The Morgan fingerprint density at radius 2 is 1.63 bits per heavy atom. The summed E-state index contributed by atoms with van der Waals surface area (Å²) in [6, 6.07) is 17.0. The summed E-state index contributed by atoms with van der Waals surface area (Å²) in [7, 11) is 0. The number of carbonyl (C=O) groups is 4. The molecular weight excluding hydrogens is 894 g/mol. The molecule has 2 aromatic carbocycles. The van der Waals surface area contributed by atoms with Gasteiger partial charge in [-0.05, 0) is 79.8 Å². The average Bonchev–Trinajstić information content (AvgIpc) is 4.04. The van der Waals surface area contributed by atoms with Crippen molar-refractivity contribution in [3.8, 4) is 22.7 Å². The molecule has 7 aromatic rings. The normalized spacial score (nSPS) is 13.8. The van der Waals surface area contributed by atoms with Gasteiger partial charge in [0.2, 0.25) is 29.5 Å². The zero-order valence-electron chi connectivity index (χ0n) is 36.9. The van der Waals surface area contributed by atoms with Crippen LogP contribution in [0.5, 0.6) is 0 Å². The highest BCUT2D eigenvalue weighted by Gasteiger charge is 2.28. The third kappa shape index (κ3) is 11.4. The minimum Gasteiger partial charge on any atom is -0.480 e. The molecule has 0 spiro atoms. The number of carboxylic acids is 1. The van der Waals surface area contributed by atoms with Gasteiger partial charge in [-0.15, -0.1) is 5.10 Å². The van der Waals surface area contributed by atoms with Crippen molar-refractivity contribution >= 4 is 64.3 Å². The molecule has 8 rings (SSSR count). The summed E-state index contributed by atoms with van der Waals surface area (Å²) in [4.78, 5) is 78.4. The van der Waals surface area contributed by atoms with Crippen molar-refractivity contribution in [2.24, 2.45) is 0 Å². The number of piperidine rings is 1. The first-order chi connectivity index (χ1) is 33.0. The smallest absolute Gasteiger partial charge is 0.320 e. The van der Waals surface area contributed by atoms with Crippen molar-refractivity contribution in [1.82, 2.24) is 55.1 Å². The van der Waals surface area contributed by atoms with E-state index in [-0.39, 0.29) is 41.5 Å². The number of rotatable bonds is 19. The van der Waals surface area contributed by atoms with Crippen LogP contribution in [0, 0.1) is 6.92 Å². The molecule has 8 N–H and O–H groups in total. The highest BCUT2D eigenvalue weighted by atomic mass is 35.5. The summed E-state index contributed by atoms with van der Waals surface area (Å²) >= 11 is 6.89. The number of hydrogen-bond acceptors (Lipinski definition) is 16. The van der Waals surface area contributed by atoms with Crippen molar-refractivity contribution in [1.29, 1.82) is 0 Å². The summed E-state index contributed by atoms with van der Waals surface area (Å²) in [6.45, 7) is 4.73. The first kappa shape index (κ1) is 46.6. The van der Waals surface area contributed by atoms with Crippen LogP contribution in [0.2, 0.25) is 5.02 Å². The molecule has 0 saturated carbocycles. The quantitative estimate of drug-likeness (QED) is 0.0512. The van der Waals surface area contributed by atoms with Gasteiger partial charge < -0.3 is 41.8 Å². The Hall–Kier alpha value is -7.88. The van der Waals surface area contributed by atoms with Crippen LogP contribution in [0.3, 0.4) is 0 Å². The van der Waals surface area contributed by atoms with E-state index < -0.39 is 23.8 Å². The molecule has 68 heavy (non-hydrogen) atoms. The van der Waals surface area contributed by atoms with Gasteiger partial charge in [0, 0.05) is 74.5 Å². The van der Waals surface area contributed by atoms with Gasteiger partial charge in [-0.2, -0.15) is 19.5 Å². The number of fused-ring (bicyclic) bond motifs is 1. The SMILES string of the molecule is Cc1c(NC(=O)c2ncc(CNCCNC(=O)CCCNc3nc(N)n4nc(-c5ccco5)nc4n3)cn2)cccc1-c1cccc(NC(=O)c2ccc(CN3CCCC[C@H]3C(=O)O)cn2)c1Cl. The van der Waals surface area contributed by atoms with E-state index in [0.717, 1.165) is 35.1 Å². The molecule has 1 atom stereocenters. The lowest BCUT2D eigenvalue weighted by molar-refractivity contribution is -0.144. The highest BCUT2D eigenvalue weighted by molar-refractivity contribution is 6.36. The van der Waals surface area contributed by atoms with E-state index in [1.807, 2.05) is 24.0 Å². The summed E-state index contributed by atoms with van der Waals surface area (Å²) in [5.41, 5.74) is 10.8. The number of furan rings is 1. The molecule has 0 unspecified atom stereocenters. The zero-order chi connectivity index (χ0) is 47.6. The van der Waals surface area contributed by atoms with Gasteiger partial charge >= 0.3 is 5.97 Å². The number of halogens is 1. The number of nitrogen functional groups attached to an aromatic ring is 1. The number of nitrogens with one attached hydrogen (secondary N) is 5. The Labute approximate surface area is 394 Å². The fraction of sp³-hybridized carbons (Fsp3) is 0.283. The number of anilines is 4. The lowest BCUT2D eigenvalue weighted by Crippen LogP contribution is -2.44. The van der Waals surface area contributed by atoms with Crippen LogP contribution in [0.15, 0.2) is 89.9 Å². The van der Waals surface area contributed by atoms with Gasteiger partial charge in [0.1, 0.15) is 11.7 Å². The van der Waals surface area contributed by atoms with Crippen molar-refractivity contribution in [3.05, 3.63) is 119 Å². The van der Waals surface area contributed by atoms with Gasteiger partial charge in [0.05, 0.1) is 17.0 Å². The van der Waals surface area contributed by atoms with Gasteiger partial charge in [-0.25, -0.2) is 9.97 Å². The topological polar surface area (TPSA) is 286 Å². The third-order valence-electron chi connectivity index (χ3n) is 11.2. The number of likely N-dealkylation sites (tertiary alicyclic amines) is 1. The molecule has 5 aromatic heterocycles. The molecule has 350 valence electrons. The van der Waals surface area contributed by atoms with Crippen molar-refractivity contribution < 1.29 is 28.7 Å². The van der Waals surface area contributed by atoms with Crippen molar-refractivity contribution in [2.45, 2.75) is 58.2 Å². The van der Waals surface area contributed by atoms with E-state index >= 15 is 0 Å². The third-order valence-corrected chi connectivity index (χ3v) is 11.6. The number of hydrogen-bond donors (Lipinski definition) is 7. The van der Waals surface area contributed by atoms with E-state index in [0.29, 0.717) is 85.7 Å². The number of aromatic nitrogens is 8. The molecule has 22 heteroatoms. The van der Waals surface area contributed by atoms with Gasteiger partial charge in [-0.3, -0.25) is 29.1 Å². The Kier molecular flexibility index (Phi) is 14.8. The van der Waals surface area contributed by atoms with Crippen LogP contribution in [0.1, 0.15) is 69.9 Å². The fourth-order valence-electron chi connectivity index (χ4n) is 7.63. The molecule has 1 aliphatic rings. The monoisotopic (exact) mass is 941 g/mol. The first-order valence-corrected chi connectivity index (χ1v) is 22.3. The van der Waals surface area contributed by atoms with Crippen molar-refractivity contribution in [2.75, 3.05) is 47.9 Å². The number of carbonyl (C=O) groups excluding carboxylic acids is 3. The minimum absolute atomic E-state index is 0.0195. The average molecular weight is 942 g/mol. The Morgan fingerprint density at radius 3 is 2.40 bits per heavy atom. The molecule has 0 bridgehead atoms. The second-order valence-corrected chi connectivity index (χ2v) is 16.3. The Bertz CT molecular complexity index is 2910. The lowest BCUT2D eigenvalue weighted by atomic mass is 9.98. The Balaban J connectivity index is 0.762. The predicted molar refractivity (Wildman–Crippen MR) is 253 cm³/mol. The second kappa shape index (κ2) is 21.6. The molecule has 0 radical (unpaired) electrons. The van der Waals surface area contributed by atoms with E-state index in [4.69, 9.17) is 21.8 Å². The van der Waals surface area contributed by atoms with E-state index in [9.17, 15) is 24.3 Å². The summed E-state index contributed by atoms with van der Waals surface area (Å²) in [5.74, 6) is -0.454. The maximum Gasteiger partial charge on any atom is 0.320 e. The summed E-state index contributed by atoms with van der Waals surface area (Å²) < 4.78 is 6.66. The maximum atomic E-state index is 13.3. The molecule has 0 aliphatic carbocycles. The van der Waals surface area contributed by atoms with Gasteiger partial charge in [-0.1, -0.05) is 48.4 Å². The number of nitrogens with zero attached hydrogens (tertiary/aromatic N) is 9. The first-order valence-electron chi connectivity index (χ1n) is 21.9. The largest absolute Gasteiger partial charge is 0.480 e. The summed E-state index contributed by atoms with van der Waals surface area (Å²) in [5, 5.41) is 29.1. The van der Waals surface area contributed by atoms with Gasteiger partial charge in [0.15, 0.2) is 5.76 Å². The number of amides is 3. The zero-order valence-corrected chi connectivity index (χ0v) is 37.7. The molecular formula is C46H48ClN15O6. The molecule has 3 amide bonds. The highest BCUT2D eigenvalue weighted by Crippen LogP contribution is 2.37. The fourth-order valence-corrected chi connectivity index (χ4v) is 7.90. The van der Waals surface area contributed by atoms with Crippen molar-refractivity contribution in [3.63, 3.8) is 0 Å². The number of aliphatic carboxylic acids is 1. The van der Waals surface area contributed by atoms with Crippen LogP contribution in [-0.4, -0.2) is 105 Å². The van der Waals surface area contributed by atoms with Crippen LogP contribution in [0.4, 0.5) is 23.3 Å². The maximum absolute atomic E-state index is 13.3. The minimum atomic E-state index is -0.830. The number of nitrogens with two attached hydrogens (primary N) is 1. The predicted octanol–water partition coefficient (Wildman–Crippen LogP) is 5.22. The number of pyridine rings is 1. The van der Waals surface area contributed by atoms with E-state index in [2.05, 4.69) is 61.6 Å². The second-order valence-electron chi connectivity index (χ2n) is 15.9. The molecule has 1 fully saturated rings. The molecule has 6 heterocycles. The van der Waals surface area contributed by atoms with Crippen LogP contribution < -0.4 is 32.3 Å². The molecule has 1 saturated heterocycles. The van der Waals surface area contributed by atoms with E-state index in [1.54, 1.807) is 67.1 Å². The molecule has 21 nitrogen and oxygen atoms in total.